The molecule has 1 unspecified atom stereocenters. The van der Waals surface area contributed by atoms with E-state index in [0.717, 1.165) is 11.1 Å². The maximum absolute atomic E-state index is 11.9. The molecule has 0 fully saturated rings. The van der Waals surface area contributed by atoms with Crippen molar-refractivity contribution in [2.24, 2.45) is 0 Å². The fourth-order valence-electron chi connectivity index (χ4n) is 2.19. The highest BCUT2D eigenvalue weighted by atomic mass is 16.5. The van der Waals surface area contributed by atoms with E-state index in [2.05, 4.69) is 10.6 Å². The van der Waals surface area contributed by atoms with E-state index >= 15 is 0 Å². The molecule has 0 radical (unpaired) electrons. The number of carbonyl (C=O) groups is 1. The van der Waals surface area contributed by atoms with Gasteiger partial charge in [-0.3, -0.25) is 0 Å². The van der Waals surface area contributed by atoms with Gasteiger partial charge in [-0.25, -0.2) is 4.79 Å². The number of carbonyl (C=O) groups excluding carboxylic acids is 1. The molecule has 1 aromatic carbocycles. The molecule has 0 aliphatic carbocycles. The first kappa shape index (κ1) is 17.1. The fraction of sp³-hybridized carbons (Fsp3) is 0.353. The summed E-state index contributed by atoms with van der Waals surface area (Å²) in [5.41, 5.74) is 0.759. The van der Waals surface area contributed by atoms with Gasteiger partial charge in [0.15, 0.2) is 0 Å². The zero-order valence-electron chi connectivity index (χ0n) is 13.3. The number of amides is 2. The molecule has 23 heavy (non-hydrogen) atoms. The number of urea groups is 1. The predicted octanol–water partition coefficient (Wildman–Crippen LogP) is 2.13. The van der Waals surface area contributed by atoms with E-state index < -0.39 is 5.60 Å². The Bertz CT molecular complexity index is 623. The van der Waals surface area contributed by atoms with Crippen LogP contribution in [-0.4, -0.2) is 24.8 Å². The molecular weight excluding hydrogens is 296 g/mol. The van der Waals surface area contributed by atoms with Crippen LogP contribution >= 0.6 is 0 Å². The molecule has 0 aliphatic rings. The van der Waals surface area contributed by atoms with Crippen LogP contribution in [0.2, 0.25) is 0 Å². The van der Waals surface area contributed by atoms with E-state index in [1.807, 2.05) is 24.3 Å². The Labute approximate surface area is 135 Å². The molecule has 1 heterocycles. The van der Waals surface area contributed by atoms with Crippen LogP contribution < -0.4 is 10.6 Å². The number of hydrogen-bond donors (Lipinski definition) is 3. The Hall–Kier alpha value is -2.31. The summed E-state index contributed by atoms with van der Waals surface area (Å²) in [6.07, 6.45) is 1.48. The molecule has 2 rings (SSSR count). The molecule has 0 spiro atoms. The van der Waals surface area contributed by atoms with E-state index in [-0.39, 0.29) is 12.6 Å². The molecule has 6 nitrogen and oxygen atoms in total. The zero-order valence-corrected chi connectivity index (χ0v) is 13.3. The van der Waals surface area contributed by atoms with Gasteiger partial charge in [0, 0.05) is 13.7 Å². The minimum absolute atomic E-state index is 0.0477. The van der Waals surface area contributed by atoms with Crippen LogP contribution in [0.25, 0.3) is 0 Å². The molecule has 3 N–H and O–H groups in total. The standard InChI is InChI=1S/C17H22N2O4/c1-17(21,15-8-5-9-23-15)12-19-16(20)18-10-13-6-3-4-7-14(13)11-22-2/h3-9,21H,10-12H2,1-2H3,(H2,18,19,20). The summed E-state index contributed by atoms with van der Waals surface area (Å²) < 4.78 is 10.3. The van der Waals surface area contributed by atoms with E-state index in [0.29, 0.717) is 18.9 Å². The van der Waals surface area contributed by atoms with Crippen molar-refractivity contribution in [3.05, 3.63) is 59.5 Å². The fourth-order valence-corrected chi connectivity index (χ4v) is 2.19. The van der Waals surface area contributed by atoms with Crippen LogP contribution in [0.1, 0.15) is 23.8 Å². The maximum atomic E-state index is 11.9. The molecule has 0 saturated carbocycles. The Kier molecular flexibility index (Phi) is 5.78. The highest BCUT2D eigenvalue weighted by Crippen LogP contribution is 2.19. The summed E-state index contributed by atoms with van der Waals surface area (Å²) in [6.45, 7) is 2.51. The second-order valence-corrected chi connectivity index (χ2v) is 5.49. The van der Waals surface area contributed by atoms with Crippen molar-refractivity contribution in [3.8, 4) is 0 Å². The van der Waals surface area contributed by atoms with Crippen molar-refractivity contribution in [2.75, 3.05) is 13.7 Å². The first-order valence-corrected chi connectivity index (χ1v) is 7.36. The first-order chi connectivity index (χ1) is 11.0. The van der Waals surface area contributed by atoms with Gasteiger partial charge in [0.1, 0.15) is 11.4 Å². The quantitative estimate of drug-likeness (QED) is 0.730. The van der Waals surface area contributed by atoms with Gasteiger partial charge in [-0.15, -0.1) is 0 Å². The predicted molar refractivity (Wildman–Crippen MR) is 85.7 cm³/mol. The molecule has 2 amide bonds. The molecule has 0 aliphatic heterocycles. The van der Waals surface area contributed by atoms with Crippen molar-refractivity contribution in [2.45, 2.75) is 25.7 Å². The van der Waals surface area contributed by atoms with E-state index in [1.54, 1.807) is 26.2 Å². The maximum Gasteiger partial charge on any atom is 0.315 e. The minimum atomic E-state index is -1.26. The second kappa shape index (κ2) is 7.80. The normalized spacial score (nSPS) is 13.3. The summed E-state index contributed by atoms with van der Waals surface area (Å²) in [4.78, 5) is 11.9. The summed E-state index contributed by atoms with van der Waals surface area (Å²) in [7, 11) is 1.63. The summed E-state index contributed by atoms with van der Waals surface area (Å²) >= 11 is 0. The van der Waals surface area contributed by atoms with Gasteiger partial charge in [-0.1, -0.05) is 24.3 Å². The second-order valence-electron chi connectivity index (χ2n) is 5.49. The van der Waals surface area contributed by atoms with Crippen molar-refractivity contribution in [3.63, 3.8) is 0 Å². The van der Waals surface area contributed by atoms with Gasteiger partial charge in [0.2, 0.25) is 0 Å². The average Bonchev–Trinajstić information content (AvgIpc) is 3.08. The lowest BCUT2D eigenvalue weighted by Crippen LogP contribution is -2.43. The van der Waals surface area contributed by atoms with Crippen LogP contribution in [0.4, 0.5) is 4.79 Å². The SMILES string of the molecule is COCc1ccccc1CNC(=O)NCC(C)(O)c1ccco1. The third-order valence-electron chi connectivity index (χ3n) is 3.50. The number of nitrogens with one attached hydrogen (secondary N) is 2. The Morgan fingerprint density at radius 2 is 1.96 bits per heavy atom. The van der Waals surface area contributed by atoms with Gasteiger partial charge in [0.25, 0.3) is 0 Å². The molecule has 124 valence electrons. The largest absolute Gasteiger partial charge is 0.466 e. The molecule has 6 heteroatoms. The number of methoxy groups -OCH3 is 1. The Morgan fingerprint density at radius 1 is 1.22 bits per heavy atom. The van der Waals surface area contributed by atoms with E-state index in [1.165, 1.54) is 6.26 Å². The van der Waals surface area contributed by atoms with Gasteiger partial charge < -0.3 is 24.9 Å². The Balaban J connectivity index is 1.84. The third kappa shape index (κ3) is 4.84. The van der Waals surface area contributed by atoms with E-state index in [4.69, 9.17) is 9.15 Å². The summed E-state index contributed by atoms with van der Waals surface area (Å²) in [5, 5.41) is 15.7. The van der Waals surface area contributed by atoms with E-state index in [9.17, 15) is 9.90 Å². The van der Waals surface area contributed by atoms with Gasteiger partial charge in [0.05, 0.1) is 19.4 Å². The highest BCUT2D eigenvalue weighted by Gasteiger charge is 2.26. The number of hydrogen-bond acceptors (Lipinski definition) is 4. The molecular formula is C17H22N2O4. The molecule has 0 bridgehead atoms. The summed E-state index contributed by atoms with van der Waals surface area (Å²) in [5.74, 6) is 0.406. The van der Waals surface area contributed by atoms with Crippen LogP contribution in [-0.2, 0) is 23.5 Å². The lowest BCUT2D eigenvalue weighted by molar-refractivity contribution is 0.0367. The average molecular weight is 318 g/mol. The van der Waals surface area contributed by atoms with Crippen LogP contribution in [0.3, 0.4) is 0 Å². The molecule has 1 aromatic heterocycles. The topological polar surface area (TPSA) is 83.7 Å². The van der Waals surface area contributed by atoms with Crippen LogP contribution in [0.15, 0.2) is 47.1 Å². The monoisotopic (exact) mass is 318 g/mol. The minimum Gasteiger partial charge on any atom is -0.466 e. The summed E-state index contributed by atoms with van der Waals surface area (Å²) in [6, 6.07) is 10.7. The first-order valence-electron chi connectivity index (χ1n) is 7.36. The lowest BCUT2D eigenvalue weighted by atomic mass is 10.0. The van der Waals surface area contributed by atoms with Gasteiger partial charge in [-0.05, 0) is 30.2 Å². The third-order valence-corrected chi connectivity index (χ3v) is 3.50. The molecule has 1 atom stereocenters. The van der Waals surface area contributed by atoms with Crippen LogP contribution in [0, 0.1) is 0 Å². The van der Waals surface area contributed by atoms with Crippen molar-refractivity contribution in [1.82, 2.24) is 10.6 Å². The molecule has 2 aromatic rings. The molecule has 0 saturated heterocycles. The number of rotatable bonds is 7. The number of furan rings is 1. The number of aliphatic hydroxyl groups is 1. The zero-order chi connectivity index (χ0) is 16.7. The lowest BCUT2D eigenvalue weighted by Gasteiger charge is -2.21. The van der Waals surface area contributed by atoms with Crippen molar-refractivity contribution < 1.29 is 19.1 Å². The number of ether oxygens (including phenoxy) is 1. The van der Waals surface area contributed by atoms with Crippen LogP contribution in [0.5, 0.6) is 0 Å². The smallest absolute Gasteiger partial charge is 0.315 e. The Morgan fingerprint density at radius 3 is 2.61 bits per heavy atom. The van der Waals surface area contributed by atoms with Crippen molar-refractivity contribution in [1.29, 1.82) is 0 Å². The number of benzene rings is 1. The van der Waals surface area contributed by atoms with Gasteiger partial charge in [-0.2, -0.15) is 0 Å². The van der Waals surface area contributed by atoms with Crippen molar-refractivity contribution >= 4 is 6.03 Å². The highest BCUT2D eigenvalue weighted by molar-refractivity contribution is 5.73. The van der Waals surface area contributed by atoms with Gasteiger partial charge >= 0.3 is 6.03 Å².